The van der Waals surface area contributed by atoms with Crippen LogP contribution in [0.5, 0.6) is 0 Å². The van der Waals surface area contributed by atoms with Crippen molar-refractivity contribution in [2.45, 2.75) is 6.92 Å². The number of fused-ring (bicyclic) bond motifs is 2. The highest BCUT2D eigenvalue weighted by molar-refractivity contribution is 7.22. The number of aromatic amines is 1. The third-order valence-corrected chi connectivity index (χ3v) is 5.50. The van der Waals surface area contributed by atoms with Gasteiger partial charge in [-0.2, -0.15) is 5.10 Å². The van der Waals surface area contributed by atoms with Crippen molar-refractivity contribution < 1.29 is 9.18 Å². The van der Waals surface area contributed by atoms with Gasteiger partial charge in [-0.1, -0.05) is 40.6 Å². The van der Waals surface area contributed by atoms with Crippen molar-refractivity contribution in [2.75, 3.05) is 5.32 Å². The van der Waals surface area contributed by atoms with Crippen molar-refractivity contribution in [2.24, 2.45) is 0 Å². The molecule has 0 bridgehead atoms. The Morgan fingerprint density at radius 3 is 2.92 bits per heavy atom. The summed E-state index contributed by atoms with van der Waals surface area (Å²) in [5.41, 5.74) is 2.79. The molecule has 0 aliphatic heterocycles. The third kappa shape index (κ3) is 2.47. The van der Waals surface area contributed by atoms with Crippen LogP contribution >= 0.6 is 34.5 Å². The van der Waals surface area contributed by atoms with Gasteiger partial charge in [0.1, 0.15) is 21.5 Å². The Hall–Kier alpha value is -2.22. The molecule has 2 aromatic heterocycles. The van der Waals surface area contributed by atoms with Crippen molar-refractivity contribution in [3.8, 4) is 11.1 Å². The van der Waals surface area contributed by atoms with Crippen LogP contribution in [0, 0.1) is 12.7 Å². The van der Waals surface area contributed by atoms with Gasteiger partial charge < -0.3 is 5.32 Å². The lowest BCUT2D eigenvalue weighted by Crippen LogP contribution is -1.92. The van der Waals surface area contributed by atoms with E-state index in [9.17, 15) is 9.18 Å². The van der Waals surface area contributed by atoms with Crippen LogP contribution in [0.1, 0.15) is 5.56 Å². The summed E-state index contributed by atoms with van der Waals surface area (Å²) in [5.74, 6) is -0.528. The average molecular weight is 395 g/mol. The van der Waals surface area contributed by atoms with E-state index in [-0.39, 0.29) is 10.5 Å². The smallest absolute Gasteiger partial charge is 0.213 e. The predicted octanol–water partition coefficient (Wildman–Crippen LogP) is 5.16. The molecule has 0 aliphatic rings. The van der Waals surface area contributed by atoms with Crippen LogP contribution in [-0.4, -0.2) is 21.6 Å². The molecule has 4 rings (SSSR count). The molecule has 2 aromatic carbocycles. The van der Waals surface area contributed by atoms with Gasteiger partial charge in [-0.25, -0.2) is 9.37 Å². The number of carbonyl (C=O) groups is 1. The lowest BCUT2D eigenvalue weighted by atomic mass is 9.96. The van der Waals surface area contributed by atoms with Crippen LogP contribution in [0.25, 0.3) is 32.2 Å². The molecule has 0 spiro atoms. The molecule has 2 N–H and O–H groups in total. The normalized spacial score (nSPS) is 11.4. The number of rotatable bonds is 3. The lowest BCUT2D eigenvalue weighted by Gasteiger charge is -2.11. The molecule has 0 aliphatic carbocycles. The second kappa shape index (κ2) is 5.94. The van der Waals surface area contributed by atoms with Crippen molar-refractivity contribution in [1.82, 2.24) is 15.2 Å². The van der Waals surface area contributed by atoms with E-state index in [0.717, 1.165) is 15.8 Å². The topological polar surface area (TPSA) is 70.7 Å². The van der Waals surface area contributed by atoms with Crippen molar-refractivity contribution in [1.29, 1.82) is 0 Å². The van der Waals surface area contributed by atoms with Gasteiger partial charge in [-0.05, 0) is 30.2 Å². The minimum absolute atomic E-state index is 0.0595. The summed E-state index contributed by atoms with van der Waals surface area (Å²) >= 11 is 13.6. The highest BCUT2D eigenvalue weighted by Gasteiger charge is 2.22. The third-order valence-electron chi connectivity index (χ3n) is 3.94. The van der Waals surface area contributed by atoms with Gasteiger partial charge >= 0.3 is 0 Å². The number of carbonyl (C=O) groups excluding carboxylic acids is 1. The molecule has 0 saturated carbocycles. The first-order valence-corrected chi connectivity index (χ1v) is 8.70. The Labute approximate surface area is 154 Å². The number of amides is 1. The van der Waals surface area contributed by atoms with E-state index < -0.39 is 5.82 Å². The molecule has 0 radical (unpaired) electrons. The molecule has 25 heavy (non-hydrogen) atoms. The van der Waals surface area contributed by atoms with Gasteiger partial charge in [0.15, 0.2) is 5.13 Å². The summed E-state index contributed by atoms with van der Waals surface area (Å²) in [4.78, 5) is 14.9. The Morgan fingerprint density at radius 1 is 1.36 bits per heavy atom. The molecule has 0 saturated heterocycles. The summed E-state index contributed by atoms with van der Waals surface area (Å²) in [6.07, 6.45) is 0.576. The fourth-order valence-electron chi connectivity index (χ4n) is 2.83. The Bertz CT molecular complexity index is 1150. The van der Waals surface area contributed by atoms with E-state index in [0.29, 0.717) is 33.2 Å². The minimum Gasteiger partial charge on any atom is -0.305 e. The molecule has 0 atom stereocenters. The Balaban J connectivity index is 2.02. The number of hydrogen-bond donors (Lipinski definition) is 2. The van der Waals surface area contributed by atoms with Gasteiger partial charge in [0.05, 0.1) is 10.2 Å². The first-order chi connectivity index (χ1) is 12.0. The van der Waals surface area contributed by atoms with Crippen molar-refractivity contribution in [3.63, 3.8) is 0 Å². The SMILES string of the molecule is Cc1c(F)c(Cl)c2n[nH]c(Cl)c2c1-c1ccc2nc(NC=O)sc2c1. The molecule has 4 aromatic rings. The van der Waals surface area contributed by atoms with E-state index in [1.54, 1.807) is 6.92 Å². The van der Waals surface area contributed by atoms with Gasteiger partial charge in [0.25, 0.3) is 0 Å². The second-order valence-electron chi connectivity index (χ2n) is 5.35. The van der Waals surface area contributed by atoms with Crippen LogP contribution in [0.2, 0.25) is 10.2 Å². The number of anilines is 1. The molecule has 0 unspecified atom stereocenters. The van der Waals surface area contributed by atoms with Gasteiger partial charge in [0, 0.05) is 10.9 Å². The van der Waals surface area contributed by atoms with Crippen LogP contribution in [0.3, 0.4) is 0 Å². The molecular formula is C16H9Cl2FN4OS. The molecule has 9 heteroatoms. The number of benzene rings is 2. The summed E-state index contributed by atoms with van der Waals surface area (Å²) in [5, 5.41) is 10.5. The molecule has 5 nitrogen and oxygen atoms in total. The van der Waals surface area contributed by atoms with E-state index in [4.69, 9.17) is 23.2 Å². The molecule has 0 fully saturated rings. The first-order valence-electron chi connectivity index (χ1n) is 7.13. The van der Waals surface area contributed by atoms with E-state index in [2.05, 4.69) is 20.5 Å². The number of nitrogens with zero attached hydrogens (tertiary/aromatic N) is 2. The molecule has 1 amide bonds. The zero-order chi connectivity index (χ0) is 17.7. The second-order valence-corrected chi connectivity index (χ2v) is 7.14. The standard InChI is InChI=1S/C16H9Cl2FN4OS/c1-6-10(11-14(12(17)13(6)19)22-23-15(11)18)7-2-3-8-9(4-7)25-16(21-8)20-5-24/h2-5H,1H3,(H,22,23)(H,20,21,24). The zero-order valence-electron chi connectivity index (χ0n) is 12.7. The van der Waals surface area contributed by atoms with Gasteiger partial charge in [0.2, 0.25) is 6.41 Å². The maximum atomic E-state index is 14.5. The summed E-state index contributed by atoms with van der Waals surface area (Å²) in [6, 6.07) is 5.51. The fourth-order valence-corrected chi connectivity index (χ4v) is 4.19. The number of halogens is 3. The summed E-state index contributed by atoms with van der Waals surface area (Å²) < 4.78 is 15.4. The Morgan fingerprint density at radius 2 is 2.16 bits per heavy atom. The van der Waals surface area contributed by atoms with Crippen LogP contribution in [0.4, 0.5) is 9.52 Å². The first kappa shape index (κ1) is 16.3. The highest BCUT2D eigenvalue weighted by atomic mass is 35.5. The lowest BCUT2D eigenvalue weighted by molar-refractivity contribution is -0.105. The summed E-state index contributed by atoms with van der Waals surface area (Å²) in [6.45, 7) is 1.65. The minimum atomic E-state index is -0.528. The highest BCUT2D eigenvalue weighted by Crippen LogP contribution is 2.42. The van der Waals surface area contributed by atoms with Crippen LogP contribution in [0.15, 0.2) is 18.2 Å². The van der Waals surface area contributed by atoms with Crippen LogP contribution in [-0.2, 0) is 4.79 Å². The number of thiazole rings is 1. The predicted molar refractivity (Wildman–Crippen MR) is 99.1 cm³/mol. The van der Waals surface area contributed by atoms with E-state index in [1.807, 2.05) is 18.2 Å². The van der Waals surface area contributed by atoms with Gasteiger partial charge in [-0.15, -0.1) is 0 Å². The van der Waals surface area contributed by atoms with Gasteiger partial charge in [-0.3, -0.25) is 9.89 Å². The monoisotopic (exact) mass is 394 g/mol. The van der Waals surface area contributed by atoms with E-state index >= 15 is 0 Å². The fraction of sp³-hybridized carbons (Fsp3) is 0.0625. The van der Waals surface area contributed by atoms with E-state index in [1.165, 1.54) is 11.3 Å². The Kier molecular flexibility index (Phi) is 3.87. The van der Waals surface area contributed by atoms with Crippen molar-refractivity contribution >= 4 is 67.2 Å². The molecule has 126 valence electrons. The largest absolute Gasteiger partial charge is 0.305 e. The zero-order valence-corrected chi connectivity index (χ0v) is 15.0. The maximum Gasteiger partial charge on any atom is 0.213 e. The molecule has 2 heterocycles. The van der Waals surface area contributed by atoms with Crippen molar-refractivity contribution in [3.05, 3.63) is 39.8 Å². The maximum absolute atomic E-state index is 14.5. The number of hydrogen-bond acceptors (Lipinski definition) is 4. The number of aromatic nitrogens is 3. The number of nitrogens with one attached hydrogen (secondary N) is 2. The van der Waals surface area contributed by atoms with Crippen LogP contribution < -0.4 is 5.32 Å². The average Bonchev–Trinajstić information content (AvgIpc) is 3.17. The number of H-pyrrole nitrogens is 1. The quantitative estimate of drug-likeness (QED) is 0.471. The molecular weight excluding hydrogens is 386 g/mol. The summed E-state index contributed by atoms with van der Waals surface area (Å²) in [7, 11) is 0.